The smallest absolute Gasteiger partial charge is 0.166 e. The topological polar surface area (TPSA) is 27.7 Å². The fraction of sp³-hybridized carbons (Fsp3) is 0.700. The molecule has 1 aliphatic heterocycles. The van der Waals surface area contributed by atoms with Gasteiger partial charge in [0.25, 0.3) is 0 Å². The van der Waals surface area contributed by atoms with E-state index in [0.29, 0.717) is 13.2 Å². The highest BCUT2D eigenvalue weighted by molar-refractivity contribution is 9.11. The summed E-state index contributed by atoms with van der Waals surface area (Å²) >= 11 is 3.68. The van der Waals surface area contributed by atoms with Crippen LogP contribution < -0.4 is 0 Å². The van der Waals surface area contributed by atoms with Gasteiger partial charge in [-0.05, 0) is 33.1 Å². The van der Waals surface area contributed by atoms with Gasteiger partial charge in [0.2, 0.25) is 0 Å². The fourth-order valence-corrected chi connectivity index (χ4v) is 4.36. The summed E-state index contributed by atoms with van der Waals surface area (Å²) in [6.07, 6.45) is 5.73. The van der Waals surface area contributed by atoms with Gasteiger partial charge in [-0.25, -0.2) is 0 Å². The van der Waals surface area contributed by atoms with Crippen molar-refractivity contribution in [3.8, 4) is 23.3 Å². The molecule has 2 atom stereocenters. The van der Waals surface area contributed by atoms with Crippen molar-refractivity contribution in [3.63, 3.8) is 0 Å². The number of hydrogen-bond acceptors (Lipinski definition) is 3. The first kappa shape index (κ1) is 20.7. The maximum atomic E-state index is 6.25. The van der Waals surface area contributed by atoms with Gasteiger partial charge in [0.05, 0.1) is 6.61 Å². The quantitative estimate of drug-likeness (QED) is 0.375. The molecule has 1 heterocycles. The largest absolute Gasteiger partial charge is 0.368 e. The summed E-state index contributed by atoms with van der Waals surface area (Å²) in [7, 11) is -1.28. The van der Waals surface area contributed by atoms with Crippen LogP contribution in [0.15, 0.2) is 10.6 Å². The summed E-state index contributed by atoms with van der Waals surface area (Å²) in [4.78, 5) is 0. The molecule has 1 aliphatic carbocycles. The third-order valence-corrected chi connectivity index (χ3v) is 5.90. The Bertz CT molecular complexity index is 627. The molecule has 5 heteroatoms. The van der Waals surface area contributed by atoms with Gasteiger partial charge in [-0.2, -0.15) is 0 Å². The van der Waals surface area contributed by atoms with Crippen molar-refractivity contribution >= 4 is 24.0 Å². The van der Waals surface area contributed by atoms with Crippen LogP contribution in [-0.4, -0.2) is 38.8 Å². The normalized spacial score (nSPS) is 27.9. The molecule has 138 valence electrons. The third-order valence-electron chi connectivity index (χ3n) is 3.98. The monoisotopic (exact) mass is 424 g/mol. The highest BCUT2D eigenvalue weighted by atomic mass is 79.9. The SMILES string of the molecule is CC1(C)O[C@@H](C#CCOCCC#C[Si](C)(C)C)[C@]2(CCCC=C2Br)O1. The molecule has 0 radical (unpaired) electrons. The van der Waals surface area contributed by atoms with Gasteiger partial charge in [-0.1, -0.05) is 53.5 Å². The molecule has 1 spiro atoms. The standard InChI is InChI=1S/C20H29BrO3Si/c1-19(2)23-18(20(24-19)13-7-6-11-17(20)21)12-10-15-22-14-8-9-16-25(3,4)5/h11,18H,6-8,13-15H2,1-5H3/t18-,20+/m0/s1. The molecule has 0 bridgehead atoms. The number of rotatable bonds is 3. The lowest BCUT2D eigenvalue weighted by molar-refractivity contribution is -0.155. The minimum absolute atomic E-state index is 0.274. The average Bonchev–Trinajstić information content (AvgIpc) is 2.75. The minimum Gasteiger partial charge on any atom is -0.368 e. The molecule has 0 aromatic heterocycles. The van der Waals surface area contributed by atoms with Crippen molar-refractivity contribution < 1.29 is 14.2 Å². The van der Waals surface area contributed by atoms with Crippen LogP contribution in [0.1, 0.15) is 39.5 Å². The molecule has 0 amide bonds. The summed E-state index contributed by atoms with van der Waals surface area (Å²) in [5, 5.41) is 0. The minimum atomic E-state index is -1.28. The van der Waals surface area contributed by atoms with Crippen molar-refractivity contribution in [2.45, 2.75) is 76.7 Å². The van der Waals surface area contributed by atoms with Gasteiger partial charge < -0.3 is 14.2 Å². The van der Waals surface area contributed by atoms with Gasteiger partial charge in [0.15, 0.2) is 11.9 Å². The molecular weight excluding hydrogens is 396 g/mol. The Hall–Kier alpha value is -0.563. The van der Waals surface area contributed by atoms with Crippen LogP contribution in [0.3, 0.4) is 0 Å². The van der Waals surface area contributed by atoms with Gasteiger partial charge in [-0.3, -0.25) is 0 Å². The second kappa shape index (κ2) is 8.42. The van der Waals surface area contributed by atoms with E-state index in [0.717, 1.165) is 30.2 Å². The lowest BCUT2D eigenvalue weighted by atomic mass is 9.86. The van der Waals surface area contributed by atoms with Crippen LogP contribution in [0.5, 0.6) is 0 Å². The molecule has 0 aromatic carbocycles. The van der Waals surface area contributed by atoms with Crippen LogP contribution in [0.2, 0.25) is 19.6 Å². The van der Waals surface area contributed by atoms with Crippen molar-refractivity contribution in [2.75, 3.05) is 13.2 Å². The molecule has 2 aliphatic rings. The molecule has 1 fully saturated rings. The highest BCUT2D eigenvalue weighted by Gasteiger charge is 2.54. The second-order valence-corrected chi connectivity index (χ2v) is 13.6. The Morgan fingerprint density at radius 3 is 2.76 bits per heavy atom. The predicted molar refractivity (Wildman–Crippen MR) is 108 cm³/mol. The maximum Gasteiger partial charge on any atom is 0.166 e. The average molecular weight is 425 g/mol. The van der Waals surface area contributed by atoms with Crippen LogP contribution in [0, 0.1) is 23.3 Å². The van der Waals surface area contributed by atoms with Gasteiger partial charge in [0, 0.05) is 10.9 Å². The molecule has 2 rings (SSSR count). The Morgan fingerprint density at radius 2 is 2.08 bits per heavy atom. The van der Waals surface area contributed by atoms with Crippen LogP contribution in [0.4, 0.5) is 0 Å². The van der Waals surface area contributed by atoms with E-state index in [4.69, 9.17) is 14.2 Å². The lowest BCUT2D eigenvalue weighted by Crippen LogP contribution is -2.41. The summed E-state index contributed by atoms with van der Waals surface area (Å²) in [6.45, 7) is 11.6. The summed E-state index contributed by atoms with van der Waals surface area (Å²) in [5.41, 5.74) is 2.86. The molecule has 1 saturated heterocycles. The van der Waals surface area contributed by atoms with Gasteiger partial charge >= 0.3 is 0 Å². The Morgan fingerprint density at radius 1 is 1.32 bits per heavy atom. The summed E-state index contributed by atoms with van der Waals surface area (Å²) in [5.74, 6) is 8.89. The van der Waals surface area contributed by atoms with E-state index in [1.54, 1.807) is 0 Å². The van der Waals surface area contributed by atoms with E-state index in [2.05, 4.69) is 65.0 Å². The van der Waals surface area contributed by atoms with Crippen LogP contribution in [-0.2, 0) is 14.2 Å². The first-order chi connectivity index (χ1) is 11.6. The first-order valence-corrected chi connectivity index (χ1v) is 13.2. The van der Waals surface area contributed by atoms with Crippen LogP contribution >= 0.6 is 15.9 Å². The Balaban J connectivity index is 1.89. The lowest BCUT2D eigenvalue weighted by Gasteiger charge is -2.33. The number of ether oxygens (including phenoxy) is 3. The highest BCUT2D eigenvalue weighted by Crippen LogP contribution is 2.48. The number of allylic oxidation sites excluding steroid dienone is 1. The molecule has 3 nitrogen and oxygen atoms in total. The third kappa shape index (κ3) is 5.98. The van der Waals surface area contributed by atoms with Crippen molar-refractivity contribution in [2.24, 2.45) is 0 Å². The maximum absolute atomic E-state index is 6.25. The fourth-order valence-electron chi connectivity index (χ4n) is 2.99. The summed E-state index contributed by atoms with van der Waals surface area (Å²) < 4.78 is 18.9. The van der Waals surface area contributed by atoms with Crippen molar-refractivity contribution in [1.29, 1.82) is 0 Å². The zero-order valence-corrected chi connectivity index (χ0v) is 18.6. The van der Waals surface area contributed by atoms with E-state index in [1.165, 1.54) is 0 Å². The molecule has 0 unspecified atom stereocenters. The van der Waals surface area contributed by atoms with Crippen molar-refractivity contribution in [3.05, 3.63) is 10.6 Å². The van der Waals surface area contributed by atoms with Crippen molar-refractivity contribution in [1.82, 2.24) is 0 Å². The molecule has 0 aromatic rings. The first-order valence-electron chi connectivity index (χ1n) is 8.95. The number of halogens is 1. The number of hydrogen-bond donors (Lipinski definition) is 0. The zero-order valence-electron chi connectivity index (χ0n) is 16.0. The zero-order chi connectivity index (χ0) is 18.6. The molecule has 0 N–H and O–H groups in total. The molecule has 0 saturated carbocycles. The van der Waals surface area contributed by atoms with Crippen LogP contribution in [0.25, 0.3) is 0 Å². The van der Waals surface area contributed by atoms with E-state index in [9.17, 15) is 0 Å². The van der Waals surface area contributed by atoms with Gasteiger partial charge in [0.1, 0.15) is 20.3 Å². The van der Waals surface area contributed by atoms with E-state index >= 15 is 0 Å². The van der Waals surface area contributed by atoms with E-state index in [-0.39, 0.29) is 6.10 Å². The molecular formula is C20H29BrO3Si. The van der Waals surface area contributed by atoms with Gasteiger partial charge in [-0.15, -0.1) is 11.5 Å². The Labute approximate surface area is 162 Å². The Kier molecular flexibility index (Phi) is 6.99. The second-order valence-electron chi connectivity index (χ2n) is 8.01. The summed E-state index contributed by atoms with van der Waals surface area (Å²) in [6, 6.07) is 0. The van der Waals surface area contributed by atoms with E-state index < -0.39 is 19.5 Å². The van der Waals surface area contributed by atoms with E-state index in [1.807, 2.05) is 13.8 Å². The predicted octanol–water partition coefficient (Wildman–Crippen LogP) is 4.63. The molecule has 25 heavy (non-hydrogen) atoms.